The predicted molar refractivity (Wildman–Crippen MR) is 97.4 cm³/mol. The number of aromatic nitrogens is 3. The zero-order valence-electron chi connectivity index (χ0n) is 14.7. The lowest BCUT2D eigenvalue weighted by atomic mass is 10.0. The summed E-state index contributed by atoms with van der Waals surface area (Å²) < 4.78 is 19.5. The number of pyridine rings is 1. The fourth-order valence-electron chi connectivity index (χ4n) is 3.13. The largest absolute Gasteiger partial charge is 0.487 e. The molecule has 1 aliphatic heterocycles. The highest BCUT2D eigenvalue weighted by atomic mass is 19.1. The van der Waals surface area contributed by atoms with Crippen LogP contribution < -0.4 is 10.1 Å². The van der Waals surface area contributed by atoms with Gasteiger partial charge in [-0.2, -0.15) is 0 Å². The maximum atomic E-state index is 13.4. The molecule has 0 saturated heterocycles. The Hall–Kier alpha value is -3.02. The lowest BCUT2D eigenvalue weighted by molar-refractivity contribution is 0.137. The molecule has 1 aromatic carbocycles. The van der Waals surface area contributed by atoms with Crippen LogP contribution in [0.4, 0.5) is 10.2 Å². The van der Waals surface area contributed by atoms with Crippen LogP contribution in [-0.2, 0) is 13.0 Å². The quantitative estimate of drug-likeness (QED) is 0.770. The Bertz CT molecular complexity index is 958. The summed E-state index contributed by atoms with van der Waals surface area (Å²) in [4.78, 5) is 12.5. The van der Waals surface area contributed by atoms with E-state index in [0.29, 0.717) is 23.8 Å². The van der Waals surface area contributed by atoms with E-state index in [2.05, 4.69) is 40.2 Å². The van der Waals surface area contributed by atoms with E-state index in [-0.39, 0.29) is 5.60 Å². The minimum Gasteiger partial charge on any atom is -0.487 e. The molecule has 132 valence electrons. The third-order valence-corrected chi connectivity index (χ3v) is 4.25. The summed E-state index contributed by atoms with van der Waals surface area (Å²) in [6.45, 7) is 4.76. The molecule has 1 aliphatic rings. The highest BCUT2D eigenvalue weighted by molar-refractivity contribution is 5.56. The number of fused-ring (bicyclic) bond motifs is 1. The Labute approximate surface area is 151 Å². The van der Waals surface area contributed by atoms with E-state index >= 15 is 0 Å². The number of halogens is 1. The van der Waals surface area contributed by atoms with Crippen LogP contribution in [0.2, 0.25) is 0 Å². The number of rotatable bonds is 4. The average Bonchev–Trinajstić information content (AvgIpc) is 2.94. The zero-order chi connectivity index (χ0) is 18.1. The second-order valence-corrected chi connectivity index (χ2v) is 6.95. The molecular formula is C20H19FN4O. The Morgan fingerprint density at radius 2 is 2.12 bits per heavy atom. The van der Waals surface area contributed by atoms with Gasteiger partial charge in [0.05, 0.1) is 6.20 Å². The number of hydrogen-bond acceptors (Lipinski definition) is 5. The van der Waals surface area contributed by atoms with Crippen molar-refractivity contribution in [2.24, 2.45) is 0 Å². The topological polar surface area (TPSA) is 59.9 Å². The van der Waals surface area contributed by atoms with Crippen molar-refractivity contribution >= 4 is 5.82 Å². The number of anilines is 1. The molecular weight excluding hydrogens is 331 g/mol. The van der Waals surface area contributed by atoms with E-state index in [1.165, 1.54) is 11.6 Å². The lowest BCUT2D eigenvalue weighted by Crippen LogP contribution is -2.25. The van der Waals surface area contributed by atoms with E-state index in [9.17, 15) is 4.39 Å². The Balaban J connectivity index is 1.54. The SMILES string of the molecule is CC1(C)Cc2cccc(CNc3ccnc(-c4cncc(F)c4)n3)c2O1. The van der Waals surface area contributed by atoms with Gasteiger partial charge in [-0.3, -0.25) is 4.98 Å². The summed E-state index contributed by atoms with van der Waals surface area (Å²) in [6, 6.07) is 9.35. The first-order valence-electron chi connectivity index (χ1n) is 8.48. The van der Waals surface area contributed by atoms with Crippen molar-refractivity contribution in [1.82, 2.24) is 15.0 Å². The van der Waals surface area contributed by atoms with E-state index in [4.69, 9.17) is 4.74 Å². The van der Waals surface area contributed by atoms with Gasteiger partial charge in [-0.25, -0.2) is 14.4 Å². The molecule has 2 aromatic heterocycles. The van der Waals surface area contributed by atoms with Gasteiger partial charge >= 0.3 is 0 Å². The van der Waals surface area contributed by atoms with Gasteiger partial charge in [0.2, 0.25) is 0 Å². The Morgan fingerprint density at radius 3 is 2.96 bits per heavy atom. The van der Waals surface area contributed by atoms with Crippen LogP contribution in [0.15, 0.2) is 48.9 Å². The van der Waals surface area contributed by atoms with Gasteiger partial charge in [-0.05, 0) is 31.5 Å². The monoisotopic (exact) mass is 350 g/mol. The molecule has 0 atom stereocenters. The number of hydrogen-bond donors (Lipinski definition) is 1. The van der Waals surface area contributed by atoms with Gasteiger partial charge in [0, 0.05) is 36.5 Å². The minimum atomic E-state index is -0.413. The summed E-state index contributed by atoms with van der Waals surface area (Å²) in [6.07, 6.45) is 5.25. The fraction of sp³-hybridized carbons (Fsp3) is 0.250. The molecule has 0 spiro atoms. The molecule has 0 saturated carbocycles. The zero-order valence-corrected chi connectivity index (χ0v) is 14.7. The lowest BCUT2D eigenvalue weighted by Gasteiger charge is -2.18. The van der Waals surface area contributed by atoms with Crippen molar-refractivity contribution in [3.8, 4) is 17.1 Å². The summed E-state index contributed by atoms with van der Waals surface area (Å²) in [7, 11) is 0. The number of para-hydroxylation sites is 1. The van der Waals surface area contributed by atoms with E-state index in [1.807, 2.05) is 12.1 Å². The Kier molecular flexibility index (Phi) is 4.03. The van der Waals surface area contributed by atoms with Gasteiger partial charge in [-0.1, -0.05) is 18.2 Å². The first-order valence-corrected chi connectivity index (χ1v) is 8.48. The molecule has 0 radical (unpaired) electrons. The maximum Gasteiger partial charge on any atom is 0.163 e. The van der Waals surface area contributed by atoms with Crippen LogP contribution in [0.1, 0.15) is 25.0 Å². The van der Waals surface area contributed by atoms with Crippen LogP contribution in [0.5, 0.6) is 5.75 Å². The van der Waals surface area contributed by atoms with Crippen molar-refractivity contribution in [1.29, 1.82) is 0 Å². The number of ether oxygens (including phenoxy) is 1. The summed E-state index contributed by atoms with van der Waals surface area (Å²) >= 11 is 0. The molecule has 0 bridgehead atoms. The van der Waals surface area contributed by atoms with Crippen molar-refractivity contribution in [3.05, 3.63) is 65.9 Å². The summed E-state index contributed by atoms with van der Waals surface area (Å²) in [5, 5.41) is 3.30. The molecule has 4 rings (SSSR count). The number of benzene rings is 1. The number of nitrogens with one attached hydrogen (secondary N) is 1. The van der Waals surface area contributed by atoms with Crippen molar-refractivity contribution in [3.63, 3.8) is 0 Å². The molecule has 0 unspecified atom stereocenters. The molecule has 6 heteroatoms. The maximum absolute atomic E-state index is 13.4. The molecule has 5 nitrogen and oxygen atoms in total. The molecule has 0 amide bonds. The molecule has 1 N–H and O–H groups in total. The first kappa shape index (κ1) is 16.4. The van der Waals surface area contributed by atoms with Crippen molar-refractivity contribution in [2.75, 3.05) is 5.32 Å². The van der Waals surface area contributed by atoms with Crippen LogP contribution in [0.3, 0.4) is 0 Å². The van der Waals surface area contributed by atoms with E-state index in [0.717, 1.165) is 23.9 Å². The third-order valence-electron chi connectivity index (χ3n) is 4.25. The normalized spacial score (nSPS) is 14.6. The second-order valence-electron chi connectivity index (χ2n) is 6.95. The summed E-state index contributed by atoms with van der Waals surface area (Å²) in [5.74, 6) is 1.63. The standard InChI is InChI=1S/C20H19FN4O/c1-20(2)9-13-4-3-5-14(18(13)26-20)11-24-17-6-7-23-19(25-17)15-8-16(21)12-22-10-15/h3-8,10,12H,9,11H2,1-2H3,(H,23,24,25). The predicted octanol–water partition coefficient (Wildman–Crippen LogP) is 4.00. The molecule has 3 aromatic rings. The van der Waals surface area contributed by atoms with Crippen LogP contribution in [0.25, 0.3) is 11.4 Å². The minimum absolute atomic E-state index is 0.176. The Morgan fingerprint density at radius 1 is 1.23 bits per heavy atom. The molecule has 0 aliphatic carbocycles. The third kappa shape index (κ3) is 3.35. The second kappa shape index (κ2) is 6.37. The van der Waals surface area contributed by atoms with Crippen molar-refractivity contribution in [2.45, 2.75) is 32.4 Å². The van der Waals surface area contributed by atoms with Gasteiger partial charge in [0.25, 0.3) is 0 Å². The van der Waals surface area contributed by atoms with E-state index in [1.54, 1.807) is 18.5 Å². The van der Waals surface area contributed by atoms with Gasteiger partial charge in [-0.15, -0.1) is 0 Å². The molecule has 0 fully saturated rings. The number of nitrogens with zero attached hydrogens (tertiary/aromatic N) is 3. The van der Waals surface area contributed by atoms with Crippen LogP contribution in [0, 0.1) is 5.82 Å². The van der Waals surface area contributed by atoms with Gasteiger partial charge < -0.3 is 10.1 Å². The first-order chi connectivity index (χ1) is 12.5. The fourth-order valence-corrected chi connectivity index (χ4v) is 3.13. The van der Waals surface area contributed by atoms with Crippen LogP contribution >= 0.6 is 0 Å². The van der Waals surface area contributed by atoms with Gasteiger partial charge in [0.1, 0.15) is 23.0 Å². The van der Waals surface area contributed by atoms with Gasteiger partial charge in [0.15, 0.2) is 5.82 Å². The smallest absolute Gasteiger partial charge is 0.163 e. The van der Waals surface area contributed by atoms with E-state index < -0.39 is 5.82 Å². The highest BCUT2D eigenvalue weighted by Gasteiger charge is 2.31. The van der Waals surface area contributed by atoms with Crippen LogP contribution in [-0.4, -0.2) is 20.6 Å². The molecule has 26 heavy (non-hydrogen) atoms. The summed E-state index contributed by atoms with van der Waals surface area (Å²) in [5.41, 5.74) is 2.67. The molecule has 3 heterocycles. The van der Waals surface area contributed by atoms with Crippen molar-refractivity contribution < 1.29 is 9.13 Å². The highest BCUT2D eigenvalue weighted by Crippen LogP contribution is 2.37. The average molecular weight is 350 g/mol.